The minimum Gasteiger partial charge on any atom is -0.359 e. The molecule has 0 saturated heterocycles. The van der Waals surface area contributed by atoms with Crippen LogP contribution in [0.4, 0.5) is 0 Å². The fourth-order valence-corrected chi connectivity index (χ4v) is 4.23. The van der Waals surface area contributed by atoms with Crippen LogP contribution in [-0.2, 0) is 14.8 Å². The van der Waals surface area contributed by atoms with E-state index in [1.54, 1.807) is 32.3 Å². The Labute approximate surface area is 118 Å². The van der Waals surface area contributed by atoms with Crippen LogP contribution in [0.2, 0.25) is 0 Å². The average Bonchev–Trinajstić information content (AvgIpc) is 2.72. The summed E-state index contributed by atoms with van der Waals surface area (Å²) in [6.45, 7) is 5.40. The zero-order valence-corrected chi connectivity index (χ0v) is 13.2. The summed E-state index contributed by atoms with van der Waals surface area (Å²) in [5.74, 6) is -0.0979. The van der Waals surface area contributed by atoms with Crippen LogP contribution in [0.25, 0.3) is 0 Å². The quantitative estimate of drug-likeness (QED) is 0.839. The van der Waals surface area contributed by atoms with Gasteiger partial charge in [0.25, 0.3) is 10.0 Å². The number of amides is 1. The molecule has 1 amide bonds. The number of carbonyl (C=O) groups is 1. The van der Waals surface area contributed by atoms with Gasteiger partial charge in [-0.2, -0.15) is 0 Å². The largest absolute Gasteiger partial charge is 0.359 e. The van der Waals surface area contributed by atoms with Crippen LogP contribution in [0.5, 0.6) is 0 Å². The highest BCUT2D eigenvalue weighted by molar-refractivity contribution is 7.91. The second-order valence-electron chi connectivity index (χ2n) is 5.11. The van der Waals surface area contributed by atoms with Crippen molar-refractivity contribution in [2.45, 2.75) is 43.4 Å². The van der Waals surface area contributed by atoms with Crippen LogP contribution in [0, 0.1) is 6.92 Å². The maximum atomic E-state index is 12.2. The monoisotopic (exact) mass is 304 g/mol. The molecule has 0 aliphatic heterocycles. The third-order valence-corrected chi connectivity index (χ3v) is 5.89. The molecule has 2 N–H and O–H groups in total. The van der Waals surface area contributed by atoms with Gasteiger partial charge in [-0.15, -0.1) is 11.3 Å². The molecule has 0 fully saturated rings. The SMILES string of the molecule is CNC(=O)CCC(C)(C)NS(=O)(=O)c1cc(C)cs1. The lowest BCUT2D eigenvalue weighted by Gasteiger charge is -2.25. The normalized spacial score (nSPS) is 12.4. The van der Waals surface area contributed by atoms with Crippen molar-refractivity contribution in [1.29, 1.82) is 0 Å². The topological polar surface area (TPSA) is 75.3 Å². The molecule has 19 heavy (non-hydrogen) atoms. The van der Waals surface area contributed by atoms with Gasteiger partial charge in [-0.25, -0.2) is 13.1 Å². The Morgan fingerprint density at radius 3 is 2.53 bits per heavy atom. The van der Waals surface area contributed by atoms with Crippen LogP contribution in [0.15, 0.2) is 15.7 Å². The van der Waals surface area contributed by atoms with Gasteiger partial charge in [0.15, 0.2) is 0 Å². The molecule has 0 saturated carbocycles. The second-order valence-corrected chi connectivity index (χ2v) is 7.93. The van der Waals surface area contributed by atoms with E-state index in [1.807, 2.05) is 6.92 Å². The third kappa shape index (κ3) is 4.93. The molecular weight excluding hydrogens is 284 g/mol. The first kappa shape index (κ1) is 16.1. The molecular formula is C12H20N2O3S2. The van der Waals surface area contributed by atoms with Crippen molar-refractivity contribution < 1.29 is 13.2 Å². The highest BCUT2D eigenvalue weighted by Crippen LogP contribution is 2.22. The Hall–Kier alpha value is -0.920. The summed E-state index contributed by atoms with van der Waals surface area (Å²) < 4.78 is 27.3. The zero-order chi connectivity index (χ0) is 14.7. The average molecular weight is 304 g/mol. The maximum absolute atomic E-state index is 12.2. The van der Waals surface area contributed by atoms with E-state index >= 15 is 0 Å². The fourth-order valence-electron chi connectivity index (χ4n) is 1.56. The molecule has 0 unspecified atom stereocenters. The molecule has 0 radical (unpaired) electrons. The maximum Gasteiger partial charge on any atom is 0.250 e. The smallest absolute Gasteiger partial charge is 0.250 e. The van der Waals surface area contributed by atoms with Crippen LogP contribution in [0.1, 0.15) is 32.3 Å². The number of sulfonamides is 1. The molecule has 1 rings (SSSR count). The molecule has 1 heterocycles. The molecule has 0 spiro atoms. The van der Waals surface area contributed by atoms with Gasteiger partial charge < -0.3 is 5.32 Å². The Kier molecular flexibility index (Phi) is 5.11. The summed E-state index contributed by atoms with van der Waals surface area (Å²) in [4.78, 5) is 11.2. The lowest BCUT2D eigenvalue weighted by Crippen LogP contribution is -2.43. The van der Waals surface area contributed by atoms with E-state index in [4.69, 9.17) is 0 Å². The van der Waals surface area contributed by atoms with Crippen molar-refractivity contribution in [3.05, 3.63) is 17.0 Å². The molecule has 108 valence electrons. The number of nitrogens with one attached hydrogen (secondary N) is 2. The summed E-state index contributed by atoms with van der Waals surface area (Å²) >= 11 is 1.20. The minimum atomic E-state index is -3.51. The van der Waals surface area contributed by atoms with E-state index in [0.717, 1.165) is 5.56 Å². The van der Waals surface area contributed by atoms with Crippen molar-refractivity contribution in [2.75, 3.05) is 7.05 Å². The van der Waals surface area contributed by atoms with Crippen molar-refractivity contribution in [1.82, 2.24) is 10.0 Å². The van der Waals surface area contributed by atoms with Crippen molar-refractivity contribution in [2.24, 2.45) is 0 Å². The molecule has 0 aliphatic carbocycles. The van der Waals surface area contributed by atoms with Gasteiger partial charge in [-0.1, -0.05) is 0 Å². The van der Waals surface area contributed by atoms with Crippen molar-refractivity contribution in [3.63, 3.8) is 0 Å². The summed E-state index contributed by atoms with van der Waals surface area (Å²) in [5.41, 5.74) is 0.261. The van der Waals surface area contributed by atoms with Gasteiger partial charge in [-0.05, 0) is 44.2 Å². The lowest BCUT2D eigenvalue weighted by molar-refractivity contribution is -0.120. The molecule has 7 heteroatoms. The first-order chi connectivity index (χ1) is 8.66. The zero-order valence-electron chi connectivity index (χ0n) is 11.6. The highest BCUT2D eigenvalue weighted by atomic mass is 32.2. The van der Waals surface area contributed by atoms with Crippen molar-refractivity contribution >= 4 is 27.3 Å². The van der Waals surface area contributed by atoms with E-state index in [-0.39, 0.29) is 12.3 Å². The lowest BCUT2D eigenvalue weighted by atomic mass is 10.00. The Bertz CT molecular complexity index is 547. The summed E-state index contributed by atoms with van der Waals surface area (Å²) in [7, 11) is -1.95. The third-order valence-electron chi connectivity index (χ3n) is 2.64. The number of rotatable bonds is 6. The van der Waals surface area contributed by atoms with Crippen LogP contribution in [-0.4, -0.2) is 26.9 Å². The van der Waals surface area contributed by atoms with E-state index in [2.05, 4.69) is 10.0 Å². The summed E-state index contributed by atoms with van der Waals surface area (Å²) in [6.07, 6.45) is 0.728. The summed E-state index contributed by atoms with van der Waals surface area (Å²) in [5, 5.41) is 4.32. The number of carbonyl (C=O) groups excluding carboxylic acids is 1. The first-order valence-electron chi connectivity index (χ1n) is 5.96. The number of hydrogen-bond acceptors (Lipinski definition) is 4. The Balaban J connectivity index is 2.74. The molecule has 1 aromatic rings. The molecule has 0 aromatic carbocycles. The van der Waals surface area contributed by atoms with E-state index in [1.165, 1.54) is 11.3 Å². The van der Waals surface area contributed by atoms with Crippen LogP contribution < -0.4 is 10.0 Å². The van der Waals surface area contributed by atoms with E-state index in [9.17, 15) is 13.2 Å². The minimum absolute atomic E-state index is 0.0979. The number of thiophene rings is 1. The first-order valence-corrected chi connectivity index (χ1v) is 8.32. The highest BCUT2D eigenvalue weighted by Gasteiger charge is 2.27. The van der Waals surface area contributed by atoms with Gasteiger partial charge in [-0.3, -0.25) is 4.79 Å². The molecule has 0 aliphatic rings. The van der Waals surface area contributed by atoms with Crippen molar-refractivity contribution in [3.8, 4) is 0 Å². The molecule has 5 nitrogen and oxygen atoms in total. The van der Waals surface area contributed by atoms with Gasteiger partial charge >= 0.3 is 0 Å². The number of aryl methyl sites for hydroxylation is 1. The standard InChI is InChI=1S/C12H20N2O3S2/c1-9-7-11(18-8-9)19(16,17)14-12(2,3)6-5-10(15)13-4/h7-8,14H,5-6H2,1-4H3,(H,13,15). The van der Waals surface area contributed by atoms with Gasteiger partial charge in [0, 0.05) is 19.0 Å². The van der Waals surface area contributed by atoms with Crippen LogP contribution >= 0.6 is 11.3 Å². The van der Waals surface area contributed by atoms with Gasteiger partial charge in [0.1, 0.15) is 4.21 Å². The van der Waals surface area contributed by atoms with E-state index < -0.39 is 15.6 Å². The molecule has 0 bridgehead atoms. The summed E-state index contributed by atoms with van der Waals surface area (Å²) in [6, 6.07) is 1.64. The fraction of sp³-hybridized carbons (Fsp3) is 0.583. The Morgan fingerprint density at radius 1 is 1.42 bits per heavy atom. The van der Waals surface area contributed by atoms with Gasteiger partial charge in [0.2, 0.25) is 5.91 Å². The number of hydrogen-bond donors (Lipinski definition) is 2. The van der Waals surface area contributed by atoms with Gasteiger partial charge in [0.05, 0.1) is 0 Å². The van der Waals surface area contributed by atoms with E-state index in [0.29, 0.717) is 10.6 Å². The Morgan fingerprint density at radius 2 is 2.05 bits per heavy atom. The van der Waals surface area contributed by atoms with Crippen LogP contribution in [0.3, 0.4) is 0 Å². The second kappa shape index (κ2) is 6.02. The predicted octanol–water partition coefficient (Wildman–Crippen LogP) is 1.64. The predicted molar refractivity (Wildman–Crippen MR) is 76.8 cm³/mol. The molecule has 1 aromatic heterocycles. The molecule has 0 atom stereocenters.